The predicted molar refractivity (Wildman–Crippen MR) is 73.4 cm³/mol. The highest BCUT2D eigenvalue weighted by molar-refractivity contribution is 5.56. The van der Waals surface area contributed by atoms with Gasteiger partial charge in [-0.15, -0.1) is 0 Å². The van der Waals surface area contributed by atoms with Gasteiger partial charge < -0.3 is 15.0 Å². The van der Waals surface area contributed by atoms with E-state index in [1.165, 1.54) is 0 Å². The van der Waals surface area contributed by atoms with Crippen LogP contribution in [0.2, 0.25) is 0 Å². The summed E-state index contributed by atoms with van der Waals surface area (Å²) in [6.45, 7) is 2.28. The van der Waals surface area contributed by atoms with Gasteiger partial charge in [0.2, 0.25) is 0 Å². The summed E-state index contributed by atoms with van der Waals surface area (Å²) in [6, 6.07) is 6.32. The van der Waals surface area contributed by atoms with E-state index in [0.717, 1.165) is 31.6 Å². The average Bonchev–Trinajstić information content (AvgIpc) is 2.41. The van der Waals surface area contributed by atoms with Gasteiger partial charge in [-0.1, -0.05) is 0 Å². The molecular formula is C15H19N2O. The summed E-state index contributed by atoms with van der Waals surface area (Å²) in [5, 5.41) is 3.53. The molecule has 0 bridgehead atoms. The maximum Gasteiger partial charge on any atom is 0.136 e. The molecule has 1 saturated heterocycles. The fraction of sp³-hybridized carbons (Fsp3) is 0.467. The fourth-order valence-corrected chi connectivity index (χ4v) is 2.27. The number of hydrogen-bond donors (Lipinski definition) is 1. The number of likely N-dealkylation sites (tertiary alicyclic amines) is 1. The third kappa shape index (κ3) is 2.96. The lowest BCUT2D eigenvalue weighted by molar-refractivity contribution is 0.264. The van der Waals surface area contributed by atoms with Crippen LogP contribution in [-0.4, -0.2) is 38.2 Å². The molecule has 0 saturated carbocycles. The van der Waals surface area contributed by atoms with Gasteiger partial charge in [-0.25, -0.2) is 0 Å². The van der Waals surface area contributed by atoms with Crippen molar-refractivity contribution in [1.82, 2.24) is 4.90 Å². The Morgan fingerprint density at radius 3 is 2.72 bits per heavy atom. The summed E-state index contributed by atoms with van der Waals surface area (Å²) in [5.74, 6) is 3.07. The van der Waals surface area contributed by atoms with E-state index >= 15 is 0 Å². The van der Waals surface area contributed by atoms with Gasteiger partial charge in [0, 0.05) is 17.8 Å². The van der Waals surface area contributed by atoms with Gasteiger partial charge in [0.15, 0.2) is 0 Å². The molecule has 0 atom stereocenters. The molecule has 18 heavy (non-hydrogen) atoms. The second kappa shape index (κ2) is 5.79. The van der Waals surface area contributed by atoms with Crippen molar-refractivity contribution in [1.29, 1.82) is 0 Å². The minimum Gasteiger partial charge on any atom is -0.495 e. The molecule has 1 aliphatic rings. The molecule has 3 heteroatoms. The second-order valence-corrected chi connectivity index (χ2v) is 4.76. The molecule has 2 rings (SSSR count). The molecule has 0 aromatic heterocycles. The fourth-order valence-electron chi connectivity index (χ4n) is 2.27. The van der Waals surface area contributed by atoms with Crippen molar-refractivity contribution >= 4 is 5.69 Å². The summed E-state index contributed by atoms with van der Waals surface area (Å²) in [4.78, 5) is 2.35. The molecule has 1 radical (unpaired) electrons. The lowest BCUT2D eigenvalue weighted by Gasteiger charge is -2.30. The topological polar surface area (TPSA) is 24.5 Å². The third-order valence-electron chi connectivity index (χ3n) is 3.43. The first-order chi connectivity index (χ1) is 8.72. The Labute approximate surface area is 109 Å². The van der Waals surface area contributed by atoms with E-state index < -0.39 is 0 Å². The van der Waals surface area contributed by atoms with Crippen LogP contribution >= 0.6 is 0 Å². The van der Waals surface area contributed by atoms with E-state index in [0.29, 0.717) is 17.4 Å². The molecule has 1 aromatic rings. The van der Waals surface area contributed by atoms with E-state index in [2.05, 4.69) is 23.2 Å². The number of nitrogens with one attached hydrogen (secondary N) is 1. The zero-order valence-corrected chi connectivity index (χ0v) is 11.0. The van der Waals surface area contributed by atoms with E-state index in [4.69, 9.17) is 11.2 Å². The van der Waals surface area contributed by atoms with Crippen LogP contribution in [0.1, 0.15) is 18.4 Å². The highest BCUT2D eigenvalue weighted by Gasteiger charge is 2.16. The Bertz CT molecular complexity index is 442. The summed E-state index contributed by atoms with van der Waals surface area (Å²) < 4.78 is 5.25. The van der Waals surface area contributed by atoms with Crippen molar-refractivity contribution in [3.8, 4) is 11.7 Å². The van der Waals surface area contributed by atoms with Crippen LogP contribution in [0.15, 0.2) is 18.2 Å². The number of anilines is 1. The van der Waals surface area contributed by atoms with Crippen molar-refractivity contribution in [3.05, 3.63) is 30.2 Å². The van der Waals surface area contributed by atoms with Gasteiger partial charge >= 0.3 is 0 Å². The maximum atomic E-state index is 7.18. The zero-order valence-electron chi connectivity index (χ0n) is 11.0. The molecule has 1 aromatic carbocycles. The molecule has 95 valence electrons. The van der Waals surface area contributed by atoms with Crippen molar-refractivity contribution in [2.75, 3.05) is 32.6 Å². The van der Waals surface area contributed by atoms with Crippen molar-refractivity contribution < 1.29 is 4.74 Å². The summed E-state index contributed by atoms with van der Waals surface area (Å²) >= 11 is 0. The van der Waals surface area contributed by atoms with Crippen molar-refractivity contribution in [2.45, 2.75) is 18.9 Å². The van der Waals surface area contributed by atoms with E-state index in [1.807, 2.05) is 18.2 Å². The monoisotopic (exact) mass is 243 g/mol. The Morgan fingerprint density at radius 2 is 2.11 bits per heavy atom. The molecule has 1 N–H and O–H groups in total. The molecule has 0 unspecified atom stereocenters. The summed E-state index contributed by atoms with van der Waals surface area (Å²) in [5.41, 5.74) is 1.74. The molecule has 1 fully saturated rings. The number of benzene rings is 1. The minimum atomic E-state index is 0.528. The van der Waals surface area contributed by atoms with E-state index in [1.54, 1.807) is 7.11 Å². The molecular weight excluding hydrogens is 224 g/mol. The van der Waals surface area contributed by atoms with Gasteiger partial charge in [0.25, 0.3) is 0 Å². The van der Waals surface area contributed by atoms with Crippen LogP contribution in [-0.2, 0) is 0 Å². The largest absolute Gasteiger partial charge is 0.495 e. The van der Waals surface area contributed by atoms with Crippen LogP contribution < -0.4 is 10.1 Å². The Balaban J connectivity index is 2.04. The molecule has 1 heterocycles. The van der Waals surface area contributed by atoms with Gasteiger partial charge in [-0.2, -0.15) is 0 Å². The van der Waals surface area contributed by atoms with Gasteiger partial charge in [0.1, 0.15) is 5.75 Å². The average molecular weight is 243 g/mol. The quantitative estimate of drug-likeness (QED) is 0.823. The molecule has 3 nitrogen and oxygen atoms in total. The number of hydrogen-bond acceptors (Lipinski definition) is 3. The first kappa shape index (κ1) is 12.8. The Kier molecular flexibility index (Phi) is 4.11. The lowest BCUT2D eigenvalue weighted by Crippen LogP contribution is -2.36. The van der Waals surface area contributed by atoms with Crippen LogP contribution in [0.25, 0.3) is 0 Å². The first-order valence-corrected chi connectivity index (χ1v) is 6.29. The van der Waals surface area contributed by atoms with E-state index in [-0.39, 0.29) is 0 Å². The van der Waals surface area contributed by atoms with Gasteiger partial charge in [-0.05, 0) is 57.5 Å². The zero-order chi connectivity index (χ0) is 13.0. The molecule has 0 amide bonds. The number of nitrogens with zero attached hydrogens (tertiary/aromatic N) is 1. The number of ether oxygens (including phenoxy) is 1. The normalized spacial score (nSPS) is 17.2. The molecule has 0 spiro atoms. The lowest BCUT2D eigenvalue weighted by atomic mass is 10.0. The smallest absolute Gasteiger partial charge is 0.136 e. The standard InChI is InChI=1S/C15H19N2O/c1-4-12-5-6-14(11-15(12)18-3)16-13-7-9-17(2)10-8-13/h5-6,11,13,16H,7-10H2,2-3H3. The van der Waals surface area contributed by atoms with Crippen molar-refractivity contribution in [3.63, 3.8) is 0 Å². The number of rotatable bonds is 3. The number of methoxy groups -OCH3 is 1. The summed E-state index contributed by atoms with van der Waals surface area (Å²) in [7, 11) is 3.78. The van der Waals surface area contributed by atoms with Gasteiger partial charge in [0.05, 0.1) is 12.7 Å². The second-order valence-electron chi connectivity index (χ2n) is 4.76. The van der Waals surface area contributed by atoms with Crippen LogP contribution in [0, 0.1) is 12.3 Å². The molecule has 1 aliphatic heterocycles. The Hall–Kier alpha value is -1.66. The number of piperidine rings is 1. The van der Waals surface area contributed by atoms with Crippen molar-refractivity contribution in [2.24, 2.45) is 0 Å². The van der Waals surface area contributed by atoms with E-state index in [9.17, 15) is 0 Å². The first-order valence-electron chi connectivity index (χ1n) is 6.29. The third-order valence-corrected chi connectivity index (χ3v) is 3.43. The highest BCUT2D eigenvalue weighted by atomic mass is 16.5. The predicted octanol–water partition coefficient (Wildman–Crippen LogP) is 2.14. The maximum absolute atomic E-state index is 7.18. The van der Waals surface area contributed by atoms with Crippen LogP contribution in [0.4, 0.5) is 5.69 Å². The van der Waals surface area contributed by atoms with Crippen LogP contribution in [0.3, 0.4) is 0 Å². The Morgan fingerprint density at radius 1 is 1.39 bits per heavy atom. The minimum absolute atomic E-state index is 0.528. The van der Waals surface area contributed by atoms with Gasteiger partial charge in [-0.3, -0.25) is 0 Å². The molecule has 0 aliphatic carbocycles. The van der Waals surface area contributed by atoms with Crippen LogP contribution in [0.5, 0.6) is 5.75 Å². The highest BCUT2D eigenvalue weighted by Crippen LogP contribution is 2.24. The summed E-state index contributed by atoms with van der Waals surface area (Å²) in [6.07, 6.45) is 9.51. The SMILES string of the molecule is [C]#Cc1ccc(NC2CCN(C)CC2)cc1OC.